The molecule has 2 N–H and O–H groups in total. The predicted molar refractivity (Wildman–Crippen MR) is 103 cm³/mol. The number of methoxy groups -OCH3 is 1. The lowest BCUT2D eigenvalue weighted by Gasteiger charge is -2.27. The molecular weight excluding hydrogens is 398 g/mol. The highest BCUT2D eigenvalue weighted by Crippen LogP contribution is 2.43. The fraction of sp³-hybridized carbons (Fsp3) is 0.250. The second kappa shape index (κ2) is 7.18. The first kappa shape index (κ1) is 18.9. The Hall–Kier alpha value is -3.44. The zero-order valence-corrected chi connectivity index (χ0v) is 16.4. The summed E-state index contributed by atoms with van der Waals surface area (Å²) in [6.45, 7) is 2.47. The lowest BCUT2D eigenvalue weighted by Crippen LogP contribution is -2.25. The van der Waals surface area contributed by atoms with E-state index < -0.39 is 11.9 Å². The first-order valence-corrected chi connectivity index (χ1v) is 9.08. The minimum absolute atomic E-state index is 0.0524. The van der Waals surface area contributed by atoms with Gasteiger partial charge in [-0.1, -0.05) is 11.6 Å². The van der Waals surface area contributed by atoms with Gasteiger partial charge in [0.15, 0.2) is 11.5 Å². The summed E-state index contributed by atoms with van der Waals surface area (Å²) in [7, 11) is 1.25. The van der Waals surface area contributed by atoms with Crippen molar-refractivity contribution in [3.8, 4) is 17.6 Å². The average molecular weight is 414 g/mol. The standard InChI is InChI=1S/C20H16ClN3O5/c1-9-16(20(25)26-2)17(12(8-22)19(23)29-9)11-5-10-6-14-15(28-4-3-27-14)7-13(10)24-18(11)21/h5-7,17H,3-4,23H2,1-2H3. The molecular formula is C20H16ClN3O5. The van der Waals surface area contributed by atoms with Crippen LogP contribution in [-0.4, -0.2) is 31.3 Å². The topological polar surface area (TPSA) is 117 Å². The number of nitrogens with zero attached hydrogens (tertiary/aromatic N) is 2. The van der Waals surface area contributed by atoms with Gasteiger partial charge < -0.3 is 24.7 Å². The monoisotopic (exact) mass is 413 g/mol. The number of allylic oxidation sites excluding steroid dienone is 2. The van der Waals surface area contributed by atoms with Crippen molar-refractivity contribution in [2.45, 2.75) is 12.8 Å². The van der Waals surface area contributed by atoms with Crippen LogP contribution in [-0.2, 0) is 14.3 Å². The van der Waals surface area contributed by atoms with E-state index in [0.717, 1.165) is 0 Å². The van der Waals surface area contributed by atoms with E-state index in [1.54, 1.807) is 25.1 Å². The number of fused-ring (bicyclic) bond motifs is 2. The van der Waals surface area contributed by atoms with Gasteiger partial charge in [-0.3, -0.25) is 0 Å². The zero-order chi connectivity index (χ0) is 20.7. The van der Waals surface area contributed by atoms with Gasteiger partial charge in [-0.2, -0.15) is 5.26 Å². The smallest absolute Gasteiger partial charge is 0.338 e. The van der Waals surface area contributed by atoms with E-state index in [0.29, 0.717) is 41.2 Å². The Morgan fingerprint density at radius 2 is 2.00 bits per heavy atom. The van der Waals surface area contributed by atoms with Gasteiger partial charge in [-0.05, 0) is 19.1 Å². The van der Waals surface area contributed by atoms with Gasteiger partial charge >= 0.3 is 5.97 Å². The van der Waals surface area contributed by atoms with Gasteiger partial charge in [0.25, 0.3) is 0 Å². The molecule has 0 spiro atoms. The molecule has 0 fully saturated rings. The minimum atomic E-state index is -0.876. The molecule has 2 aliphatic heterocycles. The number of carbonyl (C=O) groups is 1. The number of ether oxygens (including phenoxy) is 4. The van der Waals surface area contributed by atoms with Gasteiger partial charge in [0, 0.05) is 17.0 Å². The summed E-state index contributed by atoms with van der Waals surface area (Å²) < 4.78 is 21.5. The zero-order valence-electron chi connectivity index (χ0n) is 15.6. The fourth-order valence-corrected chi connectivity index (χ4v) is 3.73. The van der Waals surface area contributed by atoms with Crippen LogP contribution in [0.5, 0.6) is 11.5 Å². The SMILES string of the molecule is COC(=O)C1=C(C)OC(N)=C(C#N)C1c1cc2cc3c(cc2nc1Cl)OCCO3. The molecule has 2 aromatic rings. The van der Waals surface area contributed by atoms with Crippen LogP contribution in [0.2, 0.25) is 5.15 Å². The molecule has 1 unspecified atom stereocenters. The number of esters is 1. The third kappa shape index (κ3) is 3.09. The molecule has 3 heterocycles. The summed E-state index contributed by atoms with van der Waals surface area (Å²) in [4.78, 5) is 16.9. The van der Waals surface area contributed by atoms with E-state index in [1.165, 1.54) is 7.11 Å². The molecule has 29 heavy (non-hydrogen) atoms. The lowest BCUT2D eigenvalue weighted by atomic mass is 9.83. The number of nitriles is 1. The lowest BCUT2D eigenvalue weighted by molar-refractivity contribution is -0.136. The van der Waals surface area contributed by atoms with E-state index in [-0.39, 0.29) is 27.9 Å². The molecule has 0 aliphatic carbocycles. The highest BCUT2D eigenvalue weighted by Gasteiger charge is 2.37. The summed E-state index contributed by atoms with van der Waals surface area (Å²) in [6, 6.07) is 7.28. The highest BCUT2D eigenvalue weighted by molar-refractivity contribution is 6.30. The minimum Gasteiger partial charge on any atom is -0.486 e. The van der Waals surface area contributed by atoms with Gasteiger partial charge in [0.05, 0.1) is 24.1 Å². The van der Waals surface area contributed by atoms with Crippen LogP contribution >= 0.6 is 11.6 Å². The molecule has 9 heteroatoms. The number of rotatable bonds is 2. The van der Waals surface area contributed by atoms with E-state index in [2.05, 4.69) is 4.98 Å². The van der Waals surface area contributed by atoms with Crippen molar-refractivity contribution >= 4 is 28.5 Å². The summed E-state index contributed by atoms with van der Waals surface area (Å²) in [6.07, 6.45) is 0. The summed E-state index contributed by atoms with van der Waals surface area (Å²) >= 11 is 6.48. The van der Waals surface area contributed by atoms with Crippen LogP contribution in [0.3, 0.4) is 0 Å². The largest absolute Gasteiger partial charge is 0.486 e. The maximum atomic E-state index is 12.5. The van der Waals surface area contributed by atoms with Gasteiger partial charge in [-0.25, -0.2) is 9.78 Å². The first-order chi connectivity index (χ1) is 13.9. The molecule has 0 bridgehead atoms. The van der Waals surface area contributed by atoms with E-state index in [1.807, 2.05) is 6.07 Å². The maximum Gasteiger partial charge on any atom is 0.338 e. The molecule has 4 rings (SSSR count). The molecule has 148 valence electrons. The Morgan fingerprint density at radius 3 is 2.66 bits per heavy atom. The molecule has 8 nitrogen and oxygen atoms in total. The van der Waals surface area contributed by atoms with Gasteiger partial charge in [0.1, 0.15) is 35.8 Å². The Morgan fingerprint density at radius 1 is 1.31 bits per heavy atom. The Balaban J connectivity index is 1.94. The van der Waals surface area contributed by atoms with Crippen molar-refractivity contribution in [1.82, 2.24) is 4.98 Å². The summed E-state index contributed by atoms with van der Waals surface area (Å²) in [5.41, 5.74) is 7.12. The number of nitrogens with two attached hydrogens (primary N) is 1. The number of aromatic nitrogens is 1. The Kier molecular flexibility index (Phi) is 4.68. The normalized spacial score (nSPS) is 18.3. The number of carbonyl (C=O) groups excluding carboxylic acids is 1. The summed E-state index contributed by atoms with van der Waals surface area (Å²) in [5.74, 6) is -0.220. The third-order valence-corrected chi connectivity index (χ3v) is 5.08. The van der Waals surface area contributed by atoms with Crippen LogP contribution in [0.15, 0.2) is 41.0 Å². The van der Waals surface area contributed by atoms with Crippen LogP contribution in [0, 0.1) is 11.3 Å². The molecule has 1 aromatic heterocycles. The van der Waals surface area contributed by atoms with Crippen molar-refractivity contribution in [3.63, 3.8) is 0 Å². The number of halogens is 1. The number of hydrogen-bond acceptors (Lipinski definition) is 8. The molecule has 0 amide bonds. The molecule has 2 aliphatic rings. The quantitative estimate of drug-likeness (QED) is 0.590. The second-order valence-electron chi connectivity index (χ2n) is 6.44. The summed E-state index contributed by atoms with van der Waals surface area (Å²) in [5, 5.41) is 10.5. The second-order valence-corrected chi connectivity index (χ2v) is 6.80. The van der Waals surface area contributed by atoms with Crippen molar-refractivity contribution < 1.29 is 23.7 Å². The maximum absolute atomic E-state index is 12.5. The number of hydrogen-bond donors (Lipinski definition) is 1. The van der Waals surface area contributed by atoms with Crippen molar-refractivity contribution in [2.24, 2.45) is 5.73 Å². The average Bonchev–Trinajstić information content (AvgIpc) is 2.71. The third-order valence-electron chi connectivity index (χ3n) is 4.78. The van der Waals surface area contributed by atoms with Crippen LogP contribution in [0.4, 0.5) is 0 Å². The van der Waals surface area contributed by atoms with Crippen LogP contribution < -0.4 is 15.2 Å². The predicted octanol–water partition coefficient (Wildman–Crippen LogP) is 2.91. The fourth-order valence-electron chi connectivity index (χ4n) is 3.47. The number of benzene rings is 1. The molecule has 1 atom stereocenters. The molecule has 0 saturated heterocycles. The van der Waals surface area contributed by atoms with Crippen molar-refractivity contribution in [2.75, 3.05) is 20.3 Å². The van der Waals surface area contributed by atoms with Gasteiger partial charge in [0.2, 0.25) is 5.88 Å². The highest BCUT2D eigenvalue weighted by atomic mass is 35.5. The van der Waals surface area contributed by atoms with E-state index in [4.69, 9.17) is 36.3 Å². The Bertz CT molecular complexity index is 1150. The van der Waals surface area contributed by atoms with E-state index in [9.17, 15) is 10.1 Å². The first-order valence-electron chi connectivity index (χ1n) is 8.71. The molecule has 1 aromatic carbocycles. The van der Waals surface area contributed by atoms with Crippen LogP contribution in [0.25, 0.3) is 10.9 Å². The van der Waals surface area contributed by atoms with Crippen LogP contribution in [0.1, 0.15) is 18.4 Å². The number of pyridine rings is 1. The molecule has 0 saturated carbocycles. The van der Waals surface area contributed by atoms with Crippen molar-refractivity contribution in [3.05, 3.63) is 51.7 Å². The van der Waals surface area contributed by atoms with E-state index >= 15 is 0 Å². The molecule has 0 radical (unpaired) electrons. The Labute approximate surface area is 171 Å². The van der Waals surface area contributed by atoms with Gasteiger partial charge in [-0.15, -0.1) is 0 Å². The van der Waals surface area contributed by atoms with Crippen molar-refractivity contribution in [1.29, 1.82) is 5.26 Å².